The third kappa shape index (κ3) is 3.73. The first kappa shape index (κ1) is 19.9. The Hall–Kier alpha value is -2.86. The van der Waals surface area contributed by atoms with Gasteiger partial charge in [-0.2, -0.15) is 0 Å². The molecule has 28 heavy (non-hydrogen) atoms. The van der Waals surface area contributed by atoms with Gasteiger partial charge in [0, 0.05) is 18.7 Å². The van der Waals surface area contributed by atoms with E-state index in [1.807, 2.05) is 23.1 Å². The first-order valence-electron chi connectivity index (χ1n) is 9.05. The molecule has 2 aliphatic rings. The molecule has 6 nitrogen and oxygen atoms in total. The highest BCUT2D eigenvalue weighted by molar-refractivity contribution is 6.19. The third-order valence-electron chi connectivity index (χ3n) is 4.89. The first-order valence-corrected chi connectivity index (χ1v) is 9.05. The number of aliphatic imine (C=N–C) groups is 1. The molecule has 0 saturated heterocycles. The van der Waals surface area contributed by atoms with Crippen LogP contribution in [0.5, 0.6) is 0 Å². The summed E-state index contributed by atoms with van der Waals surface area (Å²) in [5.41, 5.74) is 3.58. The molecule has 7 heteroatoms. The predicted octanol–water partition coefficient (Wildman–Crippen LogP) is 3.09. The molecule has 0 aromatic heterocycles. The number of para-hydroxylation sites is 2. The number of esters is 1. The Morgan fingerprint density at radius 2 is 1.79 bits per heavy atom. The molecule has 2 aromatic rings. The molecule has 2 aromatic carbocycles. The van der Waals surface area contributed by atoms with E-state index in [-0.39, 0.29) is 37.1 Å². The molecular weight excluding hydrogens is 378 g/mol. The van der Waals surface area contributed by atoms with Gasteiger partial charge in [-0.1, -0.05) is 36.4 Å². The normalized spacial score (nSPS) is 14.5. The Morgan fingerprint density at radius 1 is 1.07 bits per heavy atom. The Bertz CT molecular complexity index is 911. The molecule has 0 spiro atoms. The van der Waals surface area contributed by atoms with E-state index >= 15 is 0 Å². The summed E-state index contributed by atoms with van der Waals surface area (Å²) in [6, 6.07) is 15.2. The van der Waals surface area contributed by atoms with E-state index < -0.39 is 0 Å². The van der Waals surface area contributed by atoms with Crippen LogP contribution in [0.25, 0.3) is 0 Å². The maximum atomic E-state index is 12.9. The second-order valence-electron chi connectivity index (χ2n) is 6.63. The van der Waals surface area contributed by atoms with Crippen molar-refractivity contribution in [2.45, 2.75) is 12.8 Å². The number of ether oxygens (including phenoxy) is 1. The summed E-state index contributed by atoms with van der Waals surface area (Å²) in [6.45, 7) is 1.94. The molecule has 0 amide bonds. The van der Waals surface area contributed by atoms with Crippen molar-refractivity contribution in [1.82, 2.24) is 0 Å². The van der Waals surface area contributed by atoms with E-state index in [9.17, 15) is 9.59 Å². The van der Waals surface area contributed by atoms with Crippen LogP contribution in [0.3, 0.4) is 0 Å². The van der Waals surface area contributed by atoms with Crippen molar-refractivity contribution in [3.63, 3.8) is 0 Å². The SMILES string of the molecule is COC(=O)Cc1ccc(C(=O)CN2C3=NCCCN3c3ccccc32)cc1.Cl. The summed E-state index contributed by atoms with van der Waals surface area (Å²) in [6.07, 6.45) is 1.22. The van der Waals surface area contributed by atoms with E-state index in [1.54, 1.807) is 24.3 Å². The number of halogens is 1. The van der Waals surface area contributed by atoms with Gasteiger partial charge in [0.1, 0.15) is 0 Å². The van der Waals surface area contributed by atoms with Crippen molar-refractivity contribution in [2.75, 3.05) is 36.5 Å². The number of anilines is 2. The van der Waals surface area contributed by atoms with E-state index in [0.29, 0.717) is 5.56 Å². The summed E-state index contributed by atoms with van der Waals surface area (Å²) >= 11 is 0. The molecule has 2 heterocycles. The highest BCUT2D eigenvalue weighted by atomic mass is 35.5. The molecule has 0 bridgehead atoms. The van der Waals surface area contributed by atoms with Crippen molar-refractivity contribution < 1.29 is 14.3 Å². The van der Waals surface area contributed by atoms with Gasteiger partial charge < -0.3 is 14.5 Å². The van der Waals surface area contributed by atoms with Crippen molar-refractivity contribution in [2.24, 2.45) is 4.99 Å². The second-order valence-corrected chi connectivity index (χ2v) is 6.63. The minimum atomic E-state index is -0.293. The zero-order chi connectivity index (χ0) is 18.8. The number of nitrogens with zero attached hydrogens (tertiary/aromatic N) is 3. The zero-order valence-electron chi connectivity index (χ0n) is 15.6. The van der Waals surface area contributed by atoms with Gasteiger partial charge in [-0.15, -0.1) is 12.4 Å². The number of hydrogen-bond acceptors (Lipinski definition) is 6. The number of carbonyl (C=O) groups is 2. The highest BCUT2D eigenvalue weighted by Gasteiger charge is 2.34. The average Bonchev–Trinajstić information content (AvgIpc) is 3.02. The summed E-state index contributed by atoms with van der Waals surface area (Å²) in [5.74, 6) is 0.584. The fourth-order valence-corrected chi connectivity index (χ4v) is 3.52. The number of rotatable bonds is 5. The highest BCUT2D eigenvalue weighted by Crippen LogP contribution is 2.38. The van der Waals surface area contributed by atoms with Gasteiger partial charge in [0.15, 0.2) is 5.78 Å². The molecule has 2 aliphatic heterocycles. The van der Waals surface area contributed by atoms with Gasteiger partial charge in [-0.25, -0.2) is 0 Å². The van der Waals surface area contributed by atoms with E-state index in [4.69, 9.17) is 0 Å². The van der Waals surface area contributed by atoms with Crippen molar-refractivity contribution >= 4 is 41.5 Å². The van der Waals surface area contributed by atoms with Gasteiger partial charge in [-0.3, -0.25) is 14.6 Å². The molecule has 146 valence electrons. The van der Waals surface area contributed by atoms with E-state index in [1.165, 1.54) is 7.11 Å². The fraction of sp³-hybridized carbons (Fsp3) is 0.286. The molecule has 0 unspecified atom stereocenters. The van der Waals surface area contributed by atoms with Crippen LogP contribution in [0.15, 0.2) is 53.5 Å². The Kier molecular flexibility index (Phi) is 5.99. The molecule has 0 N–H and O–H groups in total. The van der Waals surface area contributed by atoms with Crippen LogP contribution in [0, 0.1) is 0 Å². The minimum absolute atomic E-state index is 0. The number of ketones is 1. The summed E-state index contributed by atoms with van der Waals surface area (Å²) in [5, 5.41) is 0. The van der Waals surface area contributed by atoms with Gasteiger partial charge in [0.05, 0.1) is 31.5 Å². The number of methoxy groups -OCH3 is 1. The van der Waals surface area contributed by atoms with Crippen LogP contribution in [0.2, 0.25) is 0 Å². The molecule has 0 saturated carbocycles. The van der Waals surface area contributed by atoms with Crippen LogP contribution in [0.4, 0.5) is 11.4 Å². The molecule has 0 atom stereocenters. The Morgan fingerprint density at radius 3 is 2.50 bits per heavy atom. The zero-order valence-corrected chi connectivity index (χ0v) is 16.4. The minimum Gasteiger partial charge on any atom is -0.469 e. The molecule has 0 fully saturated rings. The standard InChI is InChI=1S/C21H21N3O3.ClH/c1-27-20(26)13-15-7-9-16(10-8-15)19(25)14-24-18-6-3-2-5-17(18)23-12-4-11-22-21(23)24;/h2-3,5-10H,4,11-14H2,1H3;1H. The van der Waals surface area contributed by atoms with Crippen LogP contribution in [0.1, 0.15) is 22.3 Å². The second kappa shape index (κ2) is 8.44. The number of guanidine groups is 1. The van der Waals surface area contributed by atoms with Crippen molar-refractivity contribution in [1.29, 1.82) is 0 Å². The summed E-state index contributed by atoms with van der Waals surface area (Å²) in [4.78, 5) is 33.1. The molecule has 4 rings (SSSR count). The van der Waals surface area contributed by atoms with Crippen LogP contribution in [-0.4, -0.2) is 44.5 Å². The Balaban J connectivity index is 0.00000225. The predicted molar refractivity (Wildman–Crippen MR) is 112 cm³/mol. The Labute approximate surface area is 170 Å². The number of carbonyl (C=O) groups excluding carboxylic acids is 2. The first-order chi connectivity index (χ1) is 13.2. The van der Waals surface area contributed by atoms with Gasteiger partial charge >= 0.3 is 5.97 Å². The summed E-state index contributed by atoms with van der Waals surface area (Å²) in [7, 11) is 1.37. The number of fused-ring (bicyclic) bond motifs is 3. The van der Waals surface area contributed by atoms with Crippen molar-refractivity contribution in [3.8, 4) is 0 Å². The number of Topliss-reactive ketones (excluding diaryl/α,β-unsaturated/α-hetero) is 1. The van der Waals surface area contributed by atoms with Gasteiger partial charge in [0.2, 0.25) is 5.96 Å². The van der Waals surface area contributed by atoms with Crippen LogP contribution >= 0.6 is 12.4 Å². The monoisotopic (exact) mass is 399 g/mol. The number of benzene rings is 2. The lowest BCUT2D eigenvalue weighted by Gasteiger charge is -2.26. The number of hydrogen-bond donors (Lipinski definition) is 0. The molecule has 0 radical (unpaired) electrons. The maximum absolute atomic E-state index is 12.9. The largest absolute Gasteiger partial charge is 0.469 e. The fourth-order valence-electron chi connectivity index (χ4n) is 3.52. The van der Waals surface area contributed by atoms with Crippen molar-refractivity contribution in [3.05, 3.63) is 59.7 Å². The summed E-state index contributed by atoms with van der Waals surface area (Å²) < 4.78 is 4.67. The molecular formula is C21H22ClN3O3. The van der Waals surface area contributed by atoms with Crippen LogP contribution in [-0.2, 0) is 16.0 Å². The lowest BCUT2D eigenvalue weighted by molar-refractivity contribution is -0.139. The van der Waals surface area contributed by atoms with Gasteiger partial charge in [-0.05, 0) is 24.1 Å². The van der Waals surface area contributed by atoms with E-state index in [2.05, 4.69) is 20.7 Å². The quantitative estimate of drug-likeness (QED) is 0.571. The lowest BCUT2D eigenvalue weighted by atomic mass is 10.1. The topological polar surface area (TPSA) is 62.2 Å². The van der Waals surface area contributed by atoms with E-state index in [0.717, 1.165) is 42.4 Å². The van der Waals surface area contributed by atoms with Gasteiger partial charge in [0.25, 0.3) is 0 Å². The lowest BCUT2D eigenvalue weighted by Crippen LogP contribution is -2.43. The smallest absolute Gasteiger partial charge is 0.309 e. The molecule has 0 aliphatic carbocycles. The average molecular weight is 400 g/mol. The third-order valence-corrected chi connectivity index (χ3v) is 4.89. The maximum Gasteiger partial charge on any atom is 0.309 e. The van der Waals surface area contributed by atoms with Crippen LogP contribution < -0.4 is 9.80 Å².